The van der Waals surface area contributed by atoms with E-state index in [4.69, 9.17) is 9.47 Å². The van der Waals surface area contributed by atoms with Crippen LogP contribution >= 0.6 is 0 Å². The van der Waals surface area contributed by atoms with Gasteiger partial charge in [0.2, 0.25) is 0 Å². The molecule has 6 aliphatic carbocycles. The van der Waals surface area contributed by atoms with Gasteiger partial charge in [-0.2, -0.15) is 0 Å². The van der Waals surface area contributed by atoms with Gasteiger partial charge < -0.3 is 9.47 Å². The van der Waals surface area contributed by atoms with Crippen molar-refractivity contribution in [3.63, 3.8) is 0 Å². The van der Waals surface area contributed by atoms with Gasteiger partial charge in [-0.15, -0.1) is 0 Å². The summed E-state index contributed by atoms with van der Waals surface area (Å²) < 4.78 is 11.4. The lowest BCUT2D eigenvalue weighted by molar-refractivity contribution is -0.628. The molecule has 0 aromatic heterocycles. The Balaban J connectivity index is 0.947. The third kappa shape index (κ3) is 1.59. The molecule has 0 bridgehead atoms. The Morgan fingerprint density at radius 3 is 1.27 bits per heavy atom. The zero-order valence-electron chi connectivity index (χ0n) is 16.7. The summed E-state index contributed by atoms with van der Waals surface area (Å²) in [5, 5.41) is 0. The Hall–Kier alpha value is -2.62. The number of carbonyl (C=O) groups is 2. The second-order valence-corrected chi connectivity index (χ2v) is 9.76. The molecule has 0 N–H and O–H groups in total. The second-order valence-electron chi connectivity index (χ2n) is 9.76. The lowest BCUT2D eigenvalue weighted by Gasteiger charge is -3.08. The number of hydrogen-bond acceptors (Lipinski definition) is 4. The summed E-state index contributed by atoms with van der Waals surface area (Å²) in [6.07, 6.45) is 1.52. The summed E-state index contributed by atoms with van der Waals surface area (Å²) in [5.41, 5.74) is 1.94. The zero-order chi connectivity index (χ0) is 20.1. The molecular formula is C26H24O4. The first-order valence-electron chi connectivity index (χ1n) is 11.2. The summed E-state index contributed by atoms with van der Waals surface area (Å²) >= 11 is 0. The van der Waals surface area contributed by atoms with E-state index in [9.17, 15) is 9.59 Å². The maximum atomic E-state index is 12.9. The number of hydrogen-bond donors (Lipinski definition) is 0. The van der Waals surface area contributed by atoms with E-state index in [1.165, 1.54) is 11.1 Å². The van der Waals surface area contributed by atoms with E-state index < -0.39 is 0 Å². The fourth-order valence-electron chi connectivity index (χ4n) is 8.41. The highest BCUT2D eigenvalue weighted by molar-refractivity contribution is 5.96. The molecule has 0 unspecified atom stereocenters. The topological polar surface area (TPSA) is 52.6 Å². The van der Waals surface area contributed by atoms with Crippen LogP contribution in [0.1, 0.15) is 11.1 Å². The summed E-state index contributed by atoms with van der Waals surface area (Å²) in [6.45, 7) is 0.896. The number of rotatable bonds is 8. The minimum Gasteiger partial charge on any atom is -0.465 e. The summed E-state index contributed by atoms with van der Waals surface area (Å²) in [6, 6.07) is 20.3. The normalized spacial score (nSPS) is 41.7. The number of esters is 2. The third-order valence-corrected chi connectivity index (χ3v) is 9.27. The molecule has 0 spiro atoms. The monoisotopic (exact) mass is 400 g/mol. The van der Waals surface area contributed by atoms with Crippen molar-refractivity contribution < 1.29 is 19.1 Å². The smallest absolute Gasteiger partial charge is 0.312 e. The molecule has 30 heavy (non-hydrogen) atoms. The molecule has 4 heteroatoms. The molecule has 2 aromatic carbocycles. The molecule has 6 saturated carbocycles. The standard InChI is InChI=1S/C26H24O4/c27-23(29-13-11-15-7-3-1-4-8-15)25-17-20-18(25)22-19(25)21(17)26(20,22)24(28)30-14-12-16-9-5-2-6-10-16/h1-10,17-22H,11-14H2. The van der Waals surface area contributed by atoms with Gasteiger partial charge in [0.1, 0.15) is 0 Å². The predicted molar refractivity (Wildman–Crippen MR) is 108 cm³/mol. The van der Waals surface area contributed by atoms with Crippen LogP contribution in [0.25, 0.3) is 0 Å². The Kier molecular flexibility index (Phi) is 3.16. The van der Waals surface area contributed by atoms with Gasteiger partial charge in [0.05, 0.1) is 24.0 Å². The van der Waals surface area contributed by atoms with Gasteiger partial charge in [0.25, 0.3) is 0 Å². The van der Waals surface area contributed by atoms with E-state index in [0.29, 0.717) is 48.7 Å². The van der Waals surface area contributed by atoms with Gasteiger partial charge in [0.15, 0.2) is 0 Å². The number of carbonyl (C=O) groups excluding carboxylic acids is 2. The summed E-state index contributed by atoms with van der Waals surface area (Å²) in [5.74, 6) is 2.37. The van der Waals surface area contributed by atoms with E-state index >= 15 is 0 Å². The van der Waals surface area contributed by atoms with Crippen molar-refractivity contribution in [2.75, 3.05) is 13.2 Å². The maximum absolute atomic E-state index is 12.9. The second kappa shape index (κ2) is 5.54. The molecule has 6 aliphatic rings. The fourth-order valence-corrected chi connectivity index (χ4v) is 8.41. The van der Waals surface area contributed by atoms with Crippen molar-refractivity contribution in [1.29, 1.82) is 0 Å². The average Bonchev–Trinajstić information content (AvgIpc) is 2.80. The van der Waals surface area contributed by atoms with Crippen molar-refractivity contribution in [2.24, 2.45) is 46.3 Å². The van der Waals surface area contributed by atoms with Crippen molar-refractivity contribution >= 4 is 11.9 Å². The molecular weight excluding hydrogens is 376 g/mol. The van der Waals surface area contributed by atoms with Crippen molar-refractivity contribution in [1.82, 2.24) is 0 Å². The highest BCUT2D eigenvalue weighted by atomic mass is 16.5. The first kappa shape index (κ1) is 17.1. The average molecular weight is 400 g/mol. The number of benzene rings is 2. The summed E-state index contributed by atoms with van der Waals surface area (Å²) in [7, 11) is 0. The predicted octanol–water partition coefficient (Wildman–Crippen LogP) is 3.30. The van der Waals surface area contributed by atoms with Crippen molar-refractivity contribution in [3.8, 4) is 0 Å². The Morgan fingerprint density at radius 2 is 0.933 bits per heavy atom. The van der Waals surface area contributed by atoms with Crippen LogP contribution < -0.4 is 0 Å². The van der Waals surface area contributed by atoms with E-state index in [2.05, 4.69) is 24.3 Å². The van der Waals surface area contributed by atoms with Crippen LogP contribution in [0.15, 0.2) is 60.7 Å². The van der Waals surface area contributed by atoms with Crippen LogP contribution in [-0.2, 0) is 31.9 Å². The van der Waals surface area contributed by atoms with Crippen molar-refractivity contribution in [3.05, 3.63) is 71.8 Å². The molecule has 4 nitrogen and oxygen atoms in total. The molecule has 0 atom stereocenters. The lowest BCUT2D eigenvalue weighted by Crippen LogP contribution is -3.12. The first-order valence-corrected chi connectivity index (χ1v) is 11.2. The van der Waals surface area contributed by atoms with Gasteiger partial charge in [0, 0.05) is 12.8 Å². The van der Waals surface area contributed by atoms with Gasteiger partial charge in [-0.1, -0.05) is 60.7 Å². The molecule has 0 heterocycles. The van der Waals surface area contributed by atoms with Gasteiger partial charge >= 0.3 is 11.9 Å². The van der Waals surface area contributed by atoms with Crippen LogP contribution in [0, 0.1) is 46.3 Å². The number of ether oxygens (including phenoxy) is 2. The molecule has 2 aromatic rings. The van der Waals surface area contributed by atoms with Gasteiger partial charge in [-0.05, 0) is 46.6 Å². The van der Waals surface area contributed by atoms with Gasteiger partial charge in [-0.3, -0.25) is 9.59 Å². The Morgan fingerprint density at radius 1 is 0.600 bits per heavy atom. The summed E-state index contributed by atoms with van der Waals surface area (Å²) in [4.78, 5) is 25.8. The minimum absolute atomic E-state index is 0.00734. The minimum atomic E-state index is -0.219. The van der Waals surface area contributed by atoms with E-state index in [1.54, 1.807) is 0 Å². The van der Waals surface area contributed by atoms with Crippen LogP contribution in [0.5, 0.6) is 0 Å². The molecule has 152 valence electrons. The van der Waals surface area contributed by atoms with E-state index in [0.717, 1.165) is 12.8 Å². The van der Waals surface area contributed by atoms with Crippen molar-refractivity contribution in [2.45, 2.75) is 12.8 Å². The van der Waals surface area contributed by atoms with Crippen LogP contribution in [-0.4, -0.2) is 25.2 Å². The first-order chi connectivity index (χ1) is 14.7. The van der Waals surface area contributed by atoms with E-state index in [-0.39, 0.29) is 22.8 Å². The molecule has 8 rings (SSSR count). The molecule has 0 amide bonds. The largest absolute Gasteiger partial charge is 0.465 e. The molecule has 6 fully saturated rings. The molecule has 0 aliphatic heterocycles. The third-order valence-electron chi connectivity index (χ3n) is 9.27. The molecule has 0 saturated heterocycles. The van der Waals surface area contributed by atoms with E-state index in [1.807, 2.05) is 36.4 Å². The zero-order valence-corrected chi connectivity index (χ0v) is 16.7. The highest BCUT2D eigenvalue weighted by Crippen LogP contribution is 3.10. The Bertz CT molecular complexity index is 904. The Labute approximate surface area is 175 Å². The van der Waals surface area contributed by atoms with Crippen LogP contribution in [0.4, 0.5) is 0 Å². The highest BCUT2D eigenvalue weighted by Gasteiger charge is 3.13. The van der Waals surface area contributed by atoms with Gasteiger partial charge in [-0.25, -0.2) is 0 Å². The quantitative estimate of drug-likeness (QED) is 0.638. The lowest BCUT2D eigenvalue weighted by atomic mass is 8.92. The SMILES string of the molecule is O=C(OCCc1ccccc1)C12C3C4C1C1C2C3C41C(=O)OCCc1ccccc1. The fraction of sp³-hybridized carbons (Fsp3) is 0.462. The van der Waals surface area contributed by atoms with Crippen LogP contribution in [0.3, 0.4) is 0 Å². The molecule has 0 radical (unpaired) electrons. The van der Waals surface area contributed by atoms with Crippen LogP contribution in [0.2, 0.25) is 0 Å². The maximum Gasteiger partial charge on any atom is 0.312 e.